The smallest absolute Gasteiger partial charge is 0.417 e. The number of nitrogens with one attached hydrogen (secondary N) is 1. The molecular formula is C22H24N3O4+. The monoisotopic (exact) mass is 394 g/mol. The van der Waals surface area contributed by atoms with Gasteiger partial charge >= 0.3 is 5.69 Å². The van der Waals surface area contributed by atoms with Crippen LogP contribution in [0.2, 0.25) is 0 Å². The summed E-state index contributed by atoms with van der Waals surface area (Å²) in [5, 5.41) is 0.328. The summed E-state index contributed by atoms with van der Waals surface area (Å²) in [5.41, 5.74) is 1.90. The number of rotatable bonds is 2. The number of nitrogens with zero attached hydrogens (tertiary/aromatic N) is 2. The van der Waals surface area contributed by atoms with E-state index in [1.807, 2.05) is 38.1 Å². The van der Waals surface area contributed by atoms with Crippen LogP contribution in [0.15, 0.2) is 33.9 Å². The van der Waals surface area contributed by atoms with E-state index < -0.39 is 11.2 Å². The molecule has 0 spiro atoms. The van der Waals surface area contributed by atoms with E-state index in [0.29, 0.717) is 46.3 Å². The molecule has 1 aromatic carbocycles. The van der Waals surface area contributed by atoms with Gasteiger partial charge in [-0.05, 0) is 23.1 Å². The fourth-order valence-electron chi connectivity index (χ4n) is 4.27. The van der Waals surface area contributed by atoms with Crippen molar-refractivity contribution in [2.24, 2.45) is 19.5 Å². The van der Waals surface area contributed by atoms with Crippen molar-refractivity contribution in [2.45, 2.75) is 26.7 Å². The van der Waals surface area contributed by atoms with Gasteiger partial charge in [0.05, 0.1) is 19.7 Å². The molecule has 2 aromatic heterocycles. The van der Waals surface area contributed by atoms with Gasteiger partial charge in [-0.3, -0.25) is 9.59 Å². The zero-order chi connectivity index (χ0) is 21.1. The number of ether oxygens (including phenoxy) is 1. The van der Waals surface area contributed by atoms with E-state index in [1.165, 1.54) is 11.6 Å². The average molecular weight is 394 g/mol. The summed E-state index contributed by atoms with van der Waals surface area (Å²) in [6.07, 6.45) is 1.03. The molecule has 0 saturated carbocycles. The van der Waals surface area contributed by atoms with Gasteiger partial charge in [-0.1, -0.05) is 26.0 Å². The molecule has 0 saturated heterocycles. The molecule has 0 atom stereocenters. The topological polar surface area (TPSA) is 84.4 Å². The normalized spacial score (nSPS) is 15.4. The Morgan fingerprint density at radius 1 is 1.03 bits per heavy atom. The minimum atomic E-state index is -0.433. The molecule has 1 N–H and O–H groups in total. The van der Waals surface area contributed by atoms with Crippen molar-refractivity contribution in [1.29, 1.82) is 0 Å². The zero-order valence-corrected chi connectivity index (χ0v) is 17.3. The maximum absolute atomic E-state index is 13.2. The summed E-state index contributed by atoms with van der Waals surface area (Å²) < 4.78 is 7.85. The van der Waals surface area contributed by atoms with E-state index in [9.17, 15) is 14.4 Å². The molecule has 1 aliphatic carbocycles. The second-order valence-electron chi connectivity index (χ2n) is 8.46. The lowest BCUT2D eigenvalue weighted by atomic mass is 9.73. The van der Waals surface area contributed by atoms with Gasteiger partial charge in [0.25, 0.3) is 11.2 Å². The Kier molecular flexibility index (Phi) is 4.22. The molecule has 7 nitrogen and oxygen atoms in total. The number of Topliss-reactive ketones (excluding diaryl/α,β-unsaturated/α-hetero) is 1. The molecule has 0 amide bonds. The number of hydrogen-bond acceptors (Lipinski definition) is 4. The first-order valence-electron chi connectivity index (χ1n) is 9.50. The first-order valence-corrected chi connectivity index (χ1v) is 9.50. The summed E-state index contributed by atoms with van der Waals surface area (Å²) in [6.45, 7) is 4.08. The number of fused-ring (bicyclic) bond motifs is 2. The third-order valence-corrected chi connectivity index (χ3v) is 5.67. The van der Waals surface area contributed by atoms with Gasteiger partial charge in [-0.15, -0.1) is 0 Å². The van der Waals surface area contributed by atoms with Crippen LogP contribution in [0.5, 0.6) is 5.75 Å². The maximum Gasteiger partial charge on any atom is 0.417 e. The van der Waals surface area contributed by atoms with Crippen molar-refractivity contribution >= 4 is 16.8 Å². The maximum atomic E-state index is 13.2. The van der Waals surface area contributed by atoms with Gasteiger partial charge in [0.15, 0.2) is 5.78 Å². The third-order valence-electron chi connectivity index (χ3n) is 5.67. The lowest BCUT2D eigenvalue weighted by molar-refractivity contribution is -0.365. The fraction of sp³-hybridized carbons (Fsp3) is 0.364. The number of methoxy groups -OCH3 is 1. The van der Waals surface area contributed by atoms with Gasteiger partial charge < -0.3 is 4.74 Å². The first-order chi connectivity index (χ1) is 13.6. The van der Waals surface area contributed by atoms with E-state index in [0.717, 1.165) is 10.3 Å². The van der Waals surface area contributed by atoms with Crippen molar-refractivity contribution in [3.63, 3.8) is 0 Å². The summed E-state index contributed by atoms with van der Waals surface area (Å²) in [6, 6.07) is 7.31. The van der Waals surface area contributed by atoms with Crippen LogP contribution in [0.4, 0.5) is 0 Å². The lowest BCUT2D eigenvalue weighted by Gasteiger charge is -2.29. The van der Waals surface area contributed by atoms with Crippen LogP contribution in [0.3, 0.4) is 0 Å². The molecule has 2 heterocycles. The number of benzene rings is 1. The van der Waals surface area contributed by atoms with Gasteiger partial charge in [0.1, 0.15) is 16.8 Å². The minimum absolute atomic E-state index is 0.0110. The predicted octanol–water partition coefficient (Wildman–Crippen LogP) is 1.88. The highest BCUT2D eigenvalue weighted by atomic mass is 16.5. The molecule has 0 bridgehead atoms. The summed E-state index contributed by atoms with van der Waals surface area (Å²) in [7, 11) is 4.64. The Balaban J connectivity index is 2.25. The number of ketones is 1. The van der Waals surface area contributed by atoms with Crippen LogP contribution in [-0.2, 0) is 20.5 Å². The SMILES string of the molecule is COc1cccc(-c2c3c([nH+]c4c2c(=O)n(C)c(=O)n4C)CC(C)(C)CC3=O)c1. The Labute approximate surface area is 167 Å². The highest BCUT2D eigenvalue weighted by Gasteiger charge is 2.38. The van der Waals surface area contributed by atoms with Gasteiger partial charge in [-0.2, -0.15) is 4.57 Å². The molecule has 0 aliphatic heterocycles. The van der Waals surface area contributed by atoms with Crippen molar-refractivity contribution in [2.75, 3.05) is 7.11 Å². The number of carbonyl (C=O) groups is 1. The lowest BCUT2D eigenvalue weighted by Crippen LogP contribution is -2.42. The highest BCUT2D eigenvalue weighted by Crippen LogP contribution is 2.39. The molecule has 7 heteroatoms. The zero-order valence-electron chi connectivity index (χ0n) is 17.3. The standard InChI is InChI=1S/C22H23N3O4/c1-22(2)10-14-17(15(26)11-22)16(12-7-6-8-13(9-12)29-5)18-19(23-14)24(3)21(28)25(4)20(18)27/h6-9H,10-11H2,1-5H3/p+1. The minimum Gasteiger partial charge on any atom is -0.497 e. The van der Waals surface area contributed by atoms with Crippen LogP contribution in [0, 0.1) is 5.41 Å². The molecule has 29 heavy (non-hydrogen) atoms. The summed E-state index contributed by atoms with van der Waals surface area (Å²) in [5.74, 6) is 0.616. The number of aromatic nitrogens is 3. The second kappa shape index (κ2) is 6.40. The van der Waals surface area contributed by atoms with Crippen molar-refractivity contribution in [3.8, 4) is 16.9 Å². The molecule has 150 valence electrons. The number of aryl methyl sites for hydroxylation is 1. The summed E-state index contributed by atoms with van der Waals surface area (Å²) >= 11 is 0. The van der Waals surface area contributed by atoms with Crippen molar-refractivity contribution in [1.82, 2.24) is 9.13 Å². The van der Waals surface area contributed by atoms with Gasteiger partial charge in [-0.25, -0.2) is 14.3 Å². The fourth-order valence-corrected chi connectivity index (χ4v) is 4.27. The van der Waals surface area contributed by atoms with Crippen LogP contribution < -0.4 is 21.0 Å². The molecule has 0 unspecified atom stereocenters. The van der Waals surface area contributed by atoms with Crippen LogP contribution in [-0.4, -0.2) is 22.0 Å². The molecule has 4 rings (SSSR count). The van der Waals surface area contributed by atoms with Crippen molar-refractivity contribution < 1.29 is 14.5 Å². The van der Waals surface area contributed by atoms with E-state index in [2.05, 4.69) is 4.98 Å². The molecule has 0 fully saturated rings. The Bertz CT molecular complexity index is 1300. The number of pyridine rings is 1. The van der Waals surface area contributed by atoms with E-state index >= 15 is 0 Å². The van der Waals surface area contributed by atoms with E-state index in [1.54, 1.807) is 14.2 Å². The molecule has 1 aliphatic rings. The van der Waals surface area contributed by atoms with Gasteiger partial charge in [0.2, 0.25) is 0 Å². The first kappa shape index (κ1) is 19.1. The second-order valence-corrected chi connectivity index (χ2v) is 8.46. The number of H-pyrrole nitrogens is 1. The Hall–Kier alpha value is -3.22. The van der Waals surface area contributed by atoms with Crippen molar-refractivity contribution in [3.05, 3.63) is 56.4 Å². The number of aromatic amines is 1. The molecule has 3 aromatic rings. The number of carbonyl (C=O) groups excluding carboxylic acids is 1. The van der Waals surface area contributed by atoms with Gasteiger partial charge in [0, 0.05) is 25.5 Å². The Morgan fingerprint density at radius 2 is 1.76 bits per heavy atom. The average Bonchev–Trinajstić information content (AvgIpc) is 2.68. The van der Waals surface area contributed by atoms with Crippen LogP contribution in [0.25, 0.3) is 22.2 Å². The van der Waals surface area contributed by atoms with E-state index in [-0.39, 0.29) is 11.2 Å². The van der Waals surface area contributed by atoms with Crippen LogP contribution in [0.1, 0.15) is 36.3 Å². The van der Waals surface area contributed by atoms with Crippen LogP contribution >= 0.6 is 0 Å². The predicted molar refractivity (Wildman–Crippen MR) is 109 cm³/mol. The molecular weight excluding hydrogens is 370 g/mol. The third kappa shape index (κ3) is 2.88. The quantitative estimate of drug-likeness (QED) is 0.664. The Morgan fingerprint density at radius 3 is 2.45 bits per heavy atom. The van der Waals surface area contributed by atoms with E-state index in [4.69, 9.17) is 4.74 Å². The highest BCUT2D eigenvalue weighted by molar-refractivity contribution is 6.10. The number of hydrogen-bond donors (Lipinski definition) is 0. The summed E-state index contributed by atoms with van der Waals surface area (Å²) in [4.78, 5) is 42.1. The molecule has 0 radical (unpaired) electrons. The largest absolute Gasteiger partial charge is 0.497 e.